The van der Waals surface area contributed by atoms with E-state index in [1.54, 1.807) is 6.07 Å². The molecule has 0 saturated heterocycles. The maximum absolute atomic E-state index is 12.4. The van der Waals surface area contributed by atoms with Crippen LogP contribution in [-0.2, 0) is 0 Å². The van der Waals surface area contributed by atoms with Crippen LogP contribution in [0.2, 0.25) is 0 Å². The Morgan fingerprint density at radius 3 is 2.69 bits per heavy atom. The minimum absolute atomic E-state index is 0.0527. The number of carboxylic acids is 1. The molecular formula is C16H8N4O6. The molecule has 10 nitrogen and oxygen atoms in total. The molecule has 26 heavy (non-hydrogen) atoms. The van der Waals surface area contributed by atoms with Gasteiger partial charge in [0.2, 0.25) is 0 Å². The van der Waals surface area contributed by atoms with Crippen molar-refractivity contribution in [1.82, 2.24) is 5.16 Å². The Morgan fingerprint density at radius 2 is 2.04 bits per heavy atom. The van der Waals surface area contributed by atoms with Gasteiger partial charge in [-0.3, -0.25) is 14.9 Å². The summed E-state index contributed by atoms with van der Waals surface area (Å²) in [4.78, 5) is 34.0. The number of nitro groups is 1. The number of nitrogens with zero attached hydrogens (tertiary/aromatic N) is 3. The molecule has 1 aromatic heterocycles. The molecule has 0 aliphatic carbocycles. The van der Waals surface area contributed by atoms with E-state index in [0.717, 1.165) is 12.1 Å². The van der Waals surface area contributed by atoms with Crippen LogP contribution in [-0.4, -0.2) is 27.1 Å². The number of carboxylic acid groups (broad SMARTS) is 1. The summed E-state index contributed by atoms with van der Waals surface area (Å²) < 4.78 is 4.96. The first-order valence-electron chi connectivity index (χ1n) is 7.03. The van der Waals surface area contributed by atoms with E-state index in [0.29, 0.717) is 0 Å². The Balaban J connectivity index is 2.00. The Kier molecular flexibility index (Phi) is 4.04. The number of aromatic carboxylic acids is 1. The summed E-state index contributed by atoms with van der Waals surface area (Å²) in [6, 6.07) is 9.18. The first-order chi connectivity index (χ1) is 12.4. The van der Waals surface area contributed by atoms with Gasteiger partial charge < -0.3 is 14.9 Å². The molecule has 2 N–H and O–H groups in total. The number of anilines is 1. The third-order valence-electron chi connectivity index (χ3n) is 3.51. The number of nitriles is 1. The normalized spacial score (nSPS) is 10.3. The van der Waals surface area contributed by atoms with Crippen molar-refractivity contribution >= 4 is 34.2 Å². The third kappa shape index (κ3) is 2.92. The molecule has 0 saturated carbocycles. The van der Waals surface area contributed by atoms with Crippen molar-refractivity contribution in [3.63, 3.8) is 0 Å². The van der Waals surface area contributed by atoms with Gasteiger partial charge in [-0.05, 0) is 24.3 Å². The van der Waals surface area contributed by atoms with Crippen molar-refractivity contribution in [2.45, 2.75) is 0 Å². The van der Waals surface area contributed by atoms with Crippen molar-refractivity contribution in [3.8, 4) is 6.07 Å². The van der Waals surface area contributed by atoms with Gasteiger partial charge in [-0.1, -0.05) is 5.16 Å². The fourth-order valence-electron chi connectivity index (χ4n) is 2.29. The Hall–Kier alpha value is -4.26. The molecule has 0 unspecified atom stereocenters. The van der Waals surface area contributed by atoms with Crippen LogP contribution in [0.15, 0.2) is 40.9 Å². The van der Waals surface area contributed by atoms with Crippen molar-refractivity contribution in [2.75, 3.05) is 5.32 Å². The molecular weight excluding hydrogens is 344 g/mol. The van der Waals surface area contributed by atoms with Crippen molar-refractivity contribution in [2.24, 2.45) is 0 Å². The van der Waals surface area contributed by atoms with Gasteiger partial charge >= 0.3 is 5.97 Å². The van der Waals surface area contributed by atoms with Crippen molar-refractivity contribution in [3.05, 3.63) is 63.3 Å². The van der Waals surface area contributed by atoms with Crippen molar-refractivity contribution in [1.29, 1.82) is 5.26 Å². The highest BCUT2D eigenvalue weighted by atomic mass is 16.6. The first kappa shape index (κ1) is 16.6. The fourth-order valence-corrected chi connectivity index (χ4v) is 2.29. The number of aromatic nitrogens is 1. The van der Waals surface area contributed by atoms with Crippen LogP contribution < -0.4 is 5.32 Å². The predicted octanol–water partition coefficient (Wildman–Crippen LogP) is 2.56. The zero-order valence-electron chi connectivity index (χ0n) is 12.8. The second-order valence-corrected chi connectivity index (χ2v) is 5.10. The first-order valence-corrected chi connectivity index (χ1v) is 7.03. The summed E-state index contributed by atoms with van der Waals surface area (Å²) in [7, 11) is 0. The highest BCUT2D eigenvalue weighted by Gasteiger charge is 2.21. The number of benzene rings is 2. The average molecular weight is 352 g/mol. The molecule has 2 aromatic carbocycles. The van der Waals surface area contributed by atoms with E-state index < -0.39 is 16.8 Å². The molecule has 0 bridgehead atoms. The summed E-state index contributed by atoms with van der Waals surface area (Å²) in [6.07, 6.45) is 0. The monoisotopic (exact) mass is 352 g/mol. The van der Waals surface area contributed by atoms with Crippen molar-refractivity contribution < 1.29 is 24.1 Å². The van der Waals surface area contributed by atoms with Gasteiger partial charge in [0.15, 0.2) is 11.3 Å². The SMILES string of the molecule is N#Cc1ccc(NC(=O)c2noc3ccc([N+](=O)[O-])cc23)c(C(=O)O)c1. The average Bonchev–Trinajstić information content (AvgIpc) is 3.05. The van der Waals surface area contributed by atoms with Crippen LogP contribution in [0, 0.1) is 21.4 Å². The van der Waals surface area contributed by atoms with E-state index in [2.05, 4.69) is 10.5 Å². The lowest BCUT2D eigenvalue weighted by atomic mass is 10.1. The van der Waals surface area contributed by atoms with Crippen LogP contribution >= 0.6 is 0 Å². The highest BCUT2D eigenvalue weighted by Crippen LogP contribution is 2.25. The molecule has 0 aliphatic rings. The summed E-state index contributed by atoms with van der Waals surface area (Å²) >= 11 is 0. The quantitative estimate of drug-likeness (QED) is 0.535. The smallest absolute Gasteiger partial charge is 0.337 e. The van der Waals surface area contributed by atoms with Gasteiger partial charge in [-0.15, -0.1) is 0 Å². The molecule has 0 radical (unpaired) electrons. The summed E-state index contributed by atoms with van der Waals surface area (Å²) in [5.41, 5.74) is -0.537. The molecule has 10 heteroatoms. The van der Waals surface area contributed by atoms with E-state index in [4.69, 9.17) is 9.78 Å². The van der Waals surface area contributed by atoms with E-state index >= 15 is 0 Å². The summed E-state index contributed by atoms with van der Waals surface area (Å²) in [6.45, 7) is 0. The van der Waals surface area contributed by atoms with Crippen LogP contribution in [0.4, 0.5) is 11.4 Å². The fraction of sp³-hybridized carbons (Fsp3) is 0. The minimum Gasteiger partial charge on any atom is -0.478 e. The Morgan fingerprint density at radius 1 is 1.27 bits per heavy atom. The zero-order valence-corrected chi connectivity index (χ0v) is 12.8. The Labute approximate surface area is 144 Å². The molecule has 0 fully saturated rings. The largest absolute Gasteiger partial charge is 0.478 e. The van der Waals surface area contributed by atoms with Crippen LogP contribution in [0.5, 0.6) is 0 Å². The maximum Gasteiger partial charge on any atom is 0.337 e. The van der Waals surface area contributed by atoms with Crippen LogP contribution in [0.25, 0.3) is 11.0 Å². The third-order valence-corrected chi connectivity index (χ3v) is 3.51. The second kappa shape index (κ2) is 6.33. The number of amides is 1. The lowest BCUT2D eigenvalue weighted by Gasteiger charge is -2.07. The molecule has 0 atom stereocenters. The van der Waals surface area contributed by atoms with E-state index in [-0.39, 0.29) is 39.2 Å². The van der Waals surface area contributed by atoms with Gasteiger partial charge in [0, 0.05) is 12.1 Å². The van der Waals surface area contributed by atoms with Crippen LogP contribution in [0.1, 0.15) is 26.4 Å². The van der Waals surface area contributed by atoms with Gasteiger partial charge in [0.25, 0.3) is 11.6 Å². The van der Waals surface area contributed by atoms with Gasteiger partial charge in [0.1, 0.15) is 0 Å². The Bertz CT molecular complexity index is 1110. The van der Waals surface area contributed by atoms with E-state index in [1.807, 2.05) is 0 Å². The molecule has 0 spiro atoms. The number of hydrogen-bond donors (Lipinski definition) is 2. The number of carbonyl (C=O) groups excluding carboxylic acids is 1. The number of non-ortho nitro benzene ring substituents is 1. The molecule has 1 heterocycles. The van der Waals surface area contributed by atoms with Crippen LogP contribution in [0.3, 0.4) is 0 Å². The highest BCUT2D eigenvalue weighted by molar-refractivity contribution is 6.12. The number of nitro benzene ring substituents is 1. The zero-order chi connectivity index (χ0) is 18.8. The lowest BCUT2D eigenvalue weighted by molar-refractivity contribution is -0.384. The number of carbonyl (C=O) groups is 2. The summed E-state index contributed by atoms with van der Waals surface area (Å²) in [5.74, 6) is -2.14. The number of hydrogen-bond acceptors (Lipinski definition) is 7. The standard InChI is InChI=1S/C16H8N4O6/c17-7-8-1-3-12(10(5-8)16(22)23)18-15(21)14-11-6-9(20(24)25)2-4-13(11)26-19-14/h1-6H,(H,18,21)(H,22,23). The molecule has 3 rings (SSSR count). The second-order valence-electron chi connectivity index (χ2n) is 5.10. The molecule has 128 valence electrons. The lowest BCUT2D eigenvalue weighted by Crippen LogP contribution is -2.15. The van der Waals surface area contributed by atoms with E-state index in [1.165, 1.54) is 24.3 Å². The number of fused-ring (bicyclic) bond motifs is 1. The molecule has 3 aromatic rings. The maximum atomic E-state index is 12.4. The molecule has 1 amide bonds. The van der Waals surface area contributed by atoms with Gasteiger partial charge in [-0.25, -0.2) is 4.79 Å². The van der Waals surface area contributed by atoms with Gasteiger partial charge in [-0.2, -0.15) is 5.26 Å². The number of rotatable bonds is 4. The van der Waals surface area contributed by atoms with E-state index in [9.17, 15) is 24.8 Å². The predicted molar refractivity (Wildman–Crippen MR) is 86.7 cm³/mol. The van der Waals surface area contributed by atoms with Gasteiger partial charge in [0.05, 0.1) is 33.2 Å². The minimum atomic E-state index is -1.34. The topological polar surface area (TPSA) is 159 Å². The summed E-state index contributed by atoms with van der Waals surface area (Å²) in [5, 5.41) is 35.0. The number of nitrogens with one attached hydrogen (secondary N) is 1. The molecule has 0 aliphatic heterocycles.